The van der Waals surface area contributed by atoms with E-state index in [1.807, 2.05) is 12.1 Å². The summed E-state index contributed by atoms with van der Waals surface area (Å²) in [6.07, 6.45) is 0. The van der Waals surface area contributed by atoms with Gasteiger partial charge in [-0.05, 0) is 36.4 Å². The average molecular weight is 260 g/mol. The molecule has 3 aromatic rings. The average Bonchev–Trinajstić information content (AvgIpc) is 2.74. The molecule has 1 heterocycles. The minimum atomic E-state index is 0.458. The van der Waals surface area contributed by atoms with E-state index in [9.17, 15) is 0 Å². The molecule has 90 valence electrons. The number of fused-ring (bicyclic) bond motifs is 1. The van der Waals surface area contributed by atoms with Crippen LogP contribution in [0.15, 0.2) is 40.8 Å². The molecule has 0 aliphatic carbocycles. The topological polar surface area (TPSA) is 78.1 Å². The Morgan fingerprint density at radius 2 is 1.72 bits per heavy atom. The van der Waals surface area contributed by atoms with Crippen molar-refractivity contribution in [2.24, 2.45) is 0 Å². The van der Waals surface area contributed by atoms with E-state index in [4.69, 9.17) is 27.5 Å². The van der Waals surface area contributed by atoms with E-state index in [0.717, 1.165) is 5.56 Å². The van der Waals surface area contributed by atoms with Crippen LogP contribution in [0.2, 0.25) is 5.02 Å². The van der Waals surface area contributed by atoms with Crippen LogP contribution in [-0.2, 0) is 0 Å². The van der Waals surface area contributed by atoms with Gasteiger partial charge >= 0.3 is 0 Å². The van der Waals surface area contributed by atoms with Crippen LogP contribution in [0.5, 0.6) is 0 Å². The number of halogens is 1. The molecule has 5 heteroatoms. The first-order valence-electron chi connectivity index (χ1n) is 5.35. The third-order valence-electron chi connectivity index (χ3n) is 2.62. The molecule has 0 saturated carbocycles. The fraction of sp³-hybridized carbons (Fsp3) is 0. The molecule has 0 aliphatic rings. The molecule has 0 unspecified atom stereocenters. The molecule has 1 aromatic heterocycles. The van der Waals surface area contributed by atoms with Crippen molar-refractivity contribution in [1.29, 1.82) is 0 Å². The highest BCUT2D eigenvalue weighted by Gasteiger charge is 2.11. The van der Waals surface area contributed by atoms with Crippen LogP contribution in [0, 0.1) is 0 Å². The highest BCUT2D eigenvalue weighted by atomic mass is 35.5. The second kappa shape index (κ2) is 3.92. The SMILES string of the molecule is Nc1ccc(-c2nc3cc(N)cc(Cl)c3o2)cc1. The predicted molar refractivity (Wildman–Crippen MR) is 73.3 cm³/mol. The fourth-order valence-electron chi connectivity index (χ4n) is 1.76. The van der Waals surface area contributed by atoms with Gasteiger partial charge in [-0.2, -0.15) is 0 Å². The molecule has 0 atom stereocenters. The second-order valence-electron chi connectivity index (χ2n) is 3.99. The summed E-state index contributed by atoms with van der Waals surface area (Å²) in [5, 5.41) is 0.458. The standard InChI is InChI=1S/C13H10ClN3O/c14-10-5-9(16)6-11-12(10)18-13(17-11)7-1-3-8(15)4-2-7/h1-6H,15-16H2. The highest BCUT2D eigenvalue weighted by Crippen LogP contribution is 2.31. The van der Waals surface area contributed by atoms with Crippen LogP contribution in [-0.4, -0.2) is 4.98 Å². The Kier molecular flexibility index (Phi) is 2.38. The minimum absolute atomic E-state index is 0.458. The number of aromatic nitrogens is 1. The first kappa shape index (κ1) is 10.9. The molecule has 0 amide bonds. The lowest BCUT2D eigenvalue weighted by molar-refractivity contribution is 0.620. The van der Waals surface area contributed by atoms with Crippen molar-refractivity contribution < 1.29 is 4.42 Å². The van der Waals surface area contributed by atoms with E-state index in [0.29, 0.717) is 33.4 Å². The van der Waals surface area contributed by atoms with Crippen molar-refractivity contribution in [3.05, 3.63) is 41.4 Å². The van der Waals surface area contributed by atoms with Gasteiger partial charge in [-0.3, -0.25) is 0 Å². The molecule has 0 radical (unpaired) electrons. The Morgan fingerprint density at radius 3 is 2.44 bits per heavy atom. The Morgan fingerprint density at radius 1 is 1.00 bits per heavy atom. The zero-order valence-corrected chi connectivity index (χ0v) is 10.1. The quantitative estimate of drug-likeness (QED) is 0.657. The van der Waals surface area contributed by atoms with E-state index >= 15 is 0 Å². The third kappa shape index (κ3) is 1.76. The van der Waals surface area contributed by atoms with E-state index in [1.54, 1.807) is 24.3 Å². The number of benzene rings is 2. The van der Waals surface area contributed by atoms with Crippen LogP contribution >= 0.6 is 11.6 Å². The lowest BCUT2D eigenvalue weighted by atomic mass is 10.2. The summed E-state index contributed by atoms with van der Waals surface area (Å²) in [6.45, 7) is 0. The predicted octanol–water partition coefficient (Wildman–Crippen LogP) is 3.31. The maximum Gasteiger partial charge on any atom is 0.227 e. The number of oxazole rings is 1. The van der Waals surface area contributed by atoms with Crippen molar-refractivity contribution in [3.63, 3.8) is 0 Å². The summed E-state index contributed by atoms with van der Waals surface area (Å²) < 4.78 is 5.64. The van der Waals surface area contributed by atoms with E-state index < -0.39 is 0 Å². The molecular formula is C13H10ClN3O. The van der Waals surface area contributed by atoms with Crippen molar-refractivity contribution in [2.45, 2.75) is 0 Å². The Labute approximate surface area is 108 Å². The van der Waals surface area contributed by atoms with Gasteiger partial charge in [0.1, 0.15) is 5.52 Å². The van der Waals surface area contributed by atoms with Gasteiger partial charge in [-0.1, -0.05) is 11.6 Å². The van der Waals surface area contributed by atoms with Crippen molar-refractivity contribution in [1.82, 2.24) is 4.98 Å². The zero-order chi connectivity index (χ0) is 12.7. The van der Waals surface area contributed by atoms with Gasteiger partial charge < -0.3 is 15.9 Å². The molecule has 3 rings (SSSR count). The molecule has 0 saturated heterocycles. The Balaban J connectivity index is 2.19. The first-order valence-corrected chi connectivity index (χ1v) is 5.73. The monoisotopic (exact) mass is 259 g/mol. The molecule has 0 spiro atoms. The minimum Gasteiger partial charge on any atom is -0.435 e. The molecule has 4 nitrogen and oxygen atoms in total. The van der Waals surface area contributed by atoms with E-state index in [2.05, 4.69) is 4.98 Å². The van der Waals surface area contributed by atoms with Crippen molar-refractivity contribution in [3.8, 4) is 11.5 Å². The Bertz CT molecular complexity index is 719. The van der Waals surface area contributed by atoms with Gasteiger partial charge in [0.05, 0.1) is 5.02 Å². The second-order valence-corrected chi connectivity index (χ2v) is 4.40. The summed E-state index contributed by atoms with van der Waals surface area (Å²) in [5.74, 6) is 0.498. The molecule has 18 heavy (non-hydrogen) atoms. The van der Waals surface area contributed by atoms with Crippen molar-refractivity contribution in [2.75, 3.05) is 11.5 Å². The molecule has 2 aromatic carbocycles. The van der Waals surface area contributed by atoms with Gasteiger partial charge in [0.25, 0.3) is 0 Å². The summed E-state index contributed by atoms with van der Waals surface area (Å²) in [7, 11) is 0. The normalized spacial score (nSPS) is 10.9. The van der Waals surface area contributed by atoms with Gasteiger partial charge in [-0.25, -0.2) is 4.98 Å². The third-order valence-corrected chi connectivity index (χ3v) is 2.91. The van der Waals surface area contributed by atoms with E-state index in [1.165, 1.54) is 0 Å². The summed E-state index contributed by atoms with van der Waals surface area (Å²) in [4.78, 5) is 4.36. The van der Waals surface area contributed by atoms with Gasteiger partial charge in [0.2, 0.25) is 5.89 Å². The van der Waals surface area contributed by atoms with Gasteiger partial charge in [-0.15, -0.1) is 0 Å². The number of hydrogen-bond acceptors (Lipinski definition) is 4. The number of nitrogens with zero attached hydrogens (tertiary/aromatic N) is 1. The summed E-state index contributed by atoms with van der Waals surface area (Å²) in [6, 6.07) is 10.6. The molecule has 0 bridgehead atoms. The lowest BCUT2D eigenvalue weighted by Gasteiger charge is -1.95. The number of nitrogens with two attached hydrogens (primary N) is 2. The van der Waals surface area contributed by atoms with Crippen LogP contribution in [0.4, 0.5) is 11.4 Å². The number of rotatable bonds is 1. The Hall–Kier alpha value is -2.20. The number of anilines is 2. The fourth-order valence-corrected chi connectivity index (χ4v) is 2.02. The molecular weight excluding hydrogens is 250 g/mol. The molecule has 0 fully saturated rings. The number of hydrogen-bond donors (Lipinski definition) is 2. The van der Waals surface area contributed by atoms with Crippen LogP contribution in [0.25, 0.3) is 22.6 Å². The zero-order valence-electron chi connectivity index (χ0n) is 9.35. The summed E-state index contributed by atoms with van der Waals surface area (Å²) >= 11 is 6.05. The smallest absolute Gasteiger partial charge is 0.227 e. The maximum absolute atomic E-state index is 6.05. The highest BCUT2D eigenvalue weighted by molar-refractivity contribution is 6.35. The molecule has 0 aliphatic heterocycles. The number of nitrogen functional groups attached to an aromatic ring is 2. The van der Waals surface area contributed by atoms with Crippen LogP contribution in [0.3, 0.4) is 0 Å². The molecule has 4 N–H and O–H groups in total. The lowest BCUT2D eigenvalue weighted by Crippen LogP contribution is -1.84. The summed E-state index contributed by atoms with van der Waals surface area (Å²) in [5.41, 5.74) is 14.6. The van der Waals surface area contributed by atoms with E-state index in [-0.39, 0.29) is 0 Å². The van der Waals surface area contributed by atoms with Crippen LogP contribution < -0.4 is 11.5 Å². The van der Waals surface area contributed by atoms with Gasteiger partial charge in [0.15, 0.2) is 5.58 Å². The van der Waals surface area contributed by atoms with Crippen LogP contribution in [0.1, 0.15) is 0 Å². The van der Waals surface area contributed by atoms with Gasteiger partial charge in [0, 0.05) is 16.9 Å². The largest absolute Gasteiger partial charge is 0.435 e. The van der Waals surface area contributed by atoms with Crippen molar-refractivity contribution >= 4 is 34.1 Å². The first-order chi connectivity index (χ1) is 8.63. The maximum atomic E-state index is 6.05.